The van der Waals surface area contributed by atoms with Gasteiger partial charge >= 0.3 is 0 Å². The monoisotopic (exact) mass is 454 g/mol. The zero-order chi connectivity index (χ0) is 21.8. The minimum atomic E-state index is 0.968. The molecule has 0 radical (unpaired) electrons. The Kier molecular flexibility index (Phi) is 6.97. The van der Waals surface area contributed by atoms with Gasteiger partial charge in [-0.1, -0.05) is 24.3 Å². The number of rotatable bonds is 10. The smallest absolute Gasteiger partial charge is 0.206 e. The molecular weight excluding hydrogens is 424 g/mol. The van der Waals surface area contributed by atoms with Gasteiger partial charge in [-0.25, -0.2) is 9.97 Å². The number of para-hydroxylation sites is 4. The zero-order valence-electron chi connectivity index (χ0n) is 18.7. The van der Waals surface area contributed by atoms with E-state index in [2.05, 4.69) is 95.7 Å². The highest BCUT2D eigenvalue weighted by Gasteiger charge is 2.13. The maximum atomic E-state index is 4.78. The molecule has 164 valence electrons. The second-order valence-electron chi connectivity index (χ2n) is 7.83. The van der Waals surface area contributed by atoms with E-state index in [0.29, 0.717) is 0 Å². The van der Waals surface area contributed by atoms with Crippen molar-refractivity contribution in [1.82, 2.24) is 19.1 Å². The lowest BCUT2D eigenvalue weighted by Gasteiger charge is -2.15. The Bertz CT molecular complexity index is 1060. The van der Waals surface area contributed by atoms with Crippen LogP contribution in [0.15, 0.2) is 48.5 Å². The van der Waals surface area contributed by atoms with Crippen LogP contribution in [0, 0.1) is 0 Å². The van der Waals surface area contributed by atoms with Gasteiger partial charge in [0.25, 0.3) is 0 Å². The van der Waals surface area contributed by atoms with Gasteiger partial charge in [0.2, 0.25) is 11.9 Å². The van der Waals surface area contributed by atoms with E-state index in [-0.39, 0.29) is 0 Å². The molecule has 4 aromatic rings. The Labute approximate surface area is 192 Å². The van der Waals surface area contributed by atoms with Gasteiger partial charge in [-0.05, 0) is 24.3 Å². The van der Waals surface area contributed by atoms with Gasteiger partial charge in [0.05, 0.1) is 22.1 Å². The first-order valence-electron chi connectivity index (χ1n) is 10.5. The van der Waals surface area contributed by atoms with Crippen LogP contribution in [0.4, 0.5) is 11.9 Å². The maximum Gasteiger partial charge on any atom is 0.206 e. The fourth-order valence-electron chi connectivity index (χ4n) is 3.74. The summed E-state index contributed by atoms with van der Waals surface area (Å²) in [6, 6.07) is 16.8. The lowest BCUT2D eigenvalue weighted by Crippen LogP contribution is -2.16. The molecule has 0 saturated heterocycles. The van der Waals surface area contributed by atoms with Gasteiger partial charge in [-0.3, -0.25) is 0 Å². The third kappa shape index (κ3) is 4.80. The summed E-state index contributed by atoms with van der Waals surface area (Å²) in [6.45, 7) is 1.94. The molecule has 0 N–H and O–H groups in total. The summed E-state index contributed by atoms with van der Waals surface area (Å²) in [7, 11) is 8.23. The van der Waals surface area contributed by atoms with Crippen molar-refractivity contribution in [1.29, 1.82) is 0 Å². The number of imidazole rings is 2. The Morgan fingerprint density at radius 3 is 1.52 bits per heavy atom. The molecule has 8 heteroatoms. The largest absolute Gasteiger partial charge is 0.348 e. The van der Waals surface area contributed by atoms with Crippen molar-refractivity contribution >= 4 is 57.5 Å². The molecule has 0 spiro atoms. The number of fused-ring (bicyclic) bond motifs is 2. The lowest BCUT2D eigenvalue weighted by atomic mass is 10.3. The Morgan fingerprint density at radius 1 is 0.677 bits per heavy atom. The molecule has 0 bridgehead atoms. The van der Waals surface area contributed by atoms with E-state index >= 15 is 0 Å². The van der Waals surface area contributed by atoms with Crippen LogP contribution in [0.25, 0.3) is 22.1 Å². The summed E-state index contributed by atoms with van der Waals surface area (Å²) in [5.74, 6) is 4.20. The van der Waals surface area contributed by atoms with E-state index in [1.165, 1.54) is 11.0 Å². The molecule has 2 aromatic carbocycles. The maximum absolute atomic E-state index is 4.78. The number of aromatic nitrogens is 4. The summed E-state index contributed by atoms with van der Waals surface area (Å²) in [4.78, 5) is 13.7. The quantitative estimate of drug-likeness (QED) is 0.257. The molecule has 31 heavy (non-hydrogen) atoms. The van der Waals surface area contributed by atoms with Gasteiger partial charge in [0, 0.05) is 57.9 Å². The normalized spacial score (nSPS) is 11.5. The van der Waals surface area contributed by atoms with Crippen LogP contribution in [0.2, 0.25) is 0 Å². The molecule has 0 saturated carbocycles. The number of hydrogen-bond acceptors (Lipinski definition) is 6. The van der Waals surface area contributed by atoms with E-state index in [4.69, 9.17) is 9.97 Å². The highest BCUT2D eigenvalue weighted by molar-refractivity contribution is 8.15. The Hall–Kier alpha value is -2.32. The van der Waals surface area contributed by atoms with Crippen LogP contribution in [-0.4, -0.2) is 63.9 Å². The molecule has 0 amide bonds. The number of hydrogen-bond donors (Lipinski definition) is 0. The number of aryl methyl sites for hydroxylation is 2. The third-order valence-corrected chi connectivity index (χ3v) is 7.43. The van der Waals surface area contributed by atoms with Crippen molar-refractivity contribution in [3.63, 3.8) is 0 Å². The average Bonchev–Trinajstić information content (AvgIpc) is 3.32. The molecule has 0 atom stereocenters. The number of anilines is 2. The summed E-state index contributed by atoms with van der Waals surface area (Å²) >= 11 is 3.98. The van der Waals surface area contributed by atoms with Crippen molar-refractivity contribution in [2.45, 2.75) is 13.1 Å². The Morgan fingerprint density at radius 2 is 1.10 bits per heavy atom. The lowest BCUT2D eigenvalue weighted by molar-refractivity contribution is 0.777. The fourth-order valence-corrected chi connectivity index (χ4v) is 5.78. The number of benzene rings is 2. The molecule has 0 fully saturated rings. The number of thioether (sulfide) groups is 2. The van der Waals surface area contributed by atoms with Crippen LogP contribution in [0.1, 0.15) is 0 Å². The highest BCUT2D eigenvalue weighted by Crippen LogP contribution is 2.24. The zero-order valence-corrected chi connectivity index (χ0v) is 20.3. The van der Waals surface area contributed by atoms with Crippen LogP contribution < -0.4 is 9.80 Å². The minimum absolute atomic E-state index is 0.968. The van der Waals surface area contributed by atoms with E-state index in [9.17, 15) is 0 Å². The second-order valence-corrected chi connectivity index (χ2v) is 10.4. The molecule has 0 aliphatic rings. The molecular formula is C23H30N6S2. The average molecular weight is 455 g/mol. The molecule has 6 nitrogen and oxygen atoms in total. The molecule has 2 aromatic heterocycles. The topological polar surface area (TPSA) is 42.1 Å². The van der Waals surface area contributed by atoms with Crippen LogP contribution in [0.5, 0.6) is 0 Å². The summed E-state index contributed by atoms with van der Waals surface area (Å²) in [6.07, 6.45) is 0. The number of nitrogens with zero attached hydrogens (tertiary/aromatic N) is 6. The van der Waals surface area contributed by atoms with Crippen molar-refractivity contribution in [2.24, 2.45) is 0 Å². The van der Waals surface area contributed by atoms with Crippen LogP contribution >= 0.6 is 23.5 Å². The first kappa shape index (κ1) is 21.9. The van der Waals surface area contributed by atoms with Crippen molar-refractivity contribution in [3.05, 3.63) is 48.5 Å². The van der Waals surface area contributed by atoms with Gasteiger partial charge < -0.3 is 18.9 Å². The summed E-state index contributed by atoms with van der Waals surface area (Å²) in [5, 5.41) is 1.09. The SMILES string of the molecule is CN(C)c1nc2ccccc2n1CCSCSCCn1c(N(C)C)nc2ccccc21. The standard InChI is InChI=1S/C23H30N6S2/c1-26(2)22-24-18-9-5-7-11-20(18)28(22)13-15-30-17-31-16-14-29-21-12-8-6-10-19(21)25-23(29)27(3)4/h5-12H,13-17H2,1-4H3. The first-order valence-corrected chi connectivity index (χ1v) is 12.8. The molecule has 0 unspecified atom stereocenters. The molecule has 0 aliphatic heterocycles. The van der Waals surface area contributed by atoms with Gasteiger partial charge in [0.15, 0.2) is 0 Å². The predicted octanol–water partition coefficient (Wildman–Crippen LogP) is 4.64. The second kappa shape index (κ2) is 9.87. The van der Waals surface area contributed by atoms with E-state index in [0.717, 1.165) is 52.6 Å². The highest BCUT2D eigenvalue weighted by atomic mass is 32.2. The van der Waals surface area contributed by atoms with Crippen molar-refractivity contribution < 1.29 is 0 Å². The summed E-state index contributed by atoms with van der Waals surface area (Å²) in [5.41, 5.74) is 4.55. The van der Waals surface area contributed by atoms with E-state index in [1.807, 2.05) is 23.5 Å². The molecule has 4 rings (SSSR count). The summed E-state index contributed by atoms with van der Waals surface area (Å²) < 4.78 is 4.65. The fraction of sp³-hybridized carbons (Fsp3) is 0.391. The first-order chi connectivity index (χ1) is 15.1. The van der Waals surface area contributed by atoms with E-state index < -0.39 is 0 Å². The molecule has 0 aliphatic carbocycles. The predicted molar refractivity (Wildman–Crippen MR) is 138 cm³/mol. The van der Waals surface area contributed by atoms with Crippen LogP contribution in [0.3, 0.4) is 0 Å². The van der Waals surface area contributed by atoms with Gasteiger partial charge in [0.1, 0.15) is 0 Å². The van der Waals surface area contributed by atoms with Gasteiger partial charge in [-0.2, -0.15) is 0 Å². The van der Waals surface area contributed by atoms with Gasteiger partial charge in [-0.15, -0.1) is 23.5 Å². The van der Waals surface area contributed by atoms with E-state index in [1.54, 1.807) is 0 Å². The van der Waals surface area contributed by atoms with Crippen molar-refractivity contribution in [2.75, 3.05) is 54.6 Å². The minimum Gasteiger partial charge on any atom is -0.348 e. The van der Waals surface area contributed by atoms with Crippen LogP contribution in [-0.2, 0) is 13.1 Å². The molecule has 2 heterocycles. The Balaban J connectivity index is 1.29. The third-order valence-electron chi connectivity index (χ3n) is 5.15. The van der Waals surface area contributed by atoms with Crippen molar-refractivity contribution in [3.8, 4) is 0 Å².